The zero-order valence-corrected chi connectivity index (χ0v) is 20.4. The molecule has 0 bridgehead atoms. The van der Waals surface area contributed by atoms with Gasteiger partial charge in [-0.2, -0.15) is 0 Å². The van der Waals surface area contributed by atoms with Gasteiger partial charge in [-0.05, 0) is 36.6 Å². The van der Waals surface area contributed by atoms with Crippen LogP contribution in [0.15, 0.2) is 41.8 Å². The standard InChI is InChI=1S/C23H20Cl3N3O3S/c24-16-4-2-1-3-14(16)9-20(30)29-7-5-13(6-8-29)23-28-19(12-33-23)22(32)27-15-10-17(25)21(31)18(26)11-15/h1-4,10-13,31H,5-9H2,(H,27,32). The normalized spacial score (nSPS) is 14.3. The molecule has 1 aromatic heterocycles. The second-order valence-electron chi connectivity index (χ2n) is 7.74. The molecule has 0 atom stereocenters. The lowest BCUT2D eigenvalue weighted by molar-refractivity contribution is -0.131. The minimum Gasteiger partial charge on any atom is -0.505 e. The highest BCUT2D eigenvalue weighted by Crippen LogP contribution is 2.35. The number of thiazole rings is 1. The van der Waals surface area contributed by atoms with Gasteiger partial charge >= 0.3 is 0 Å². The van der Waals surface area contributed by atoms with Crippen molar-refractivity contribution in [3.05, 3.63) is 73.1 Å². The molecule has 0 spiro atoms. The fourth-order valence-electron chi connectivity index (χ4n) is 3.70. The van der Waals surface area contributed by atoms with E-state index in [1.807, 2.05) is 23.1 Å². The number of hydrogen-bond acceptors (Lipinski definition) is 5. The molecule has 172 valence electrons. The van der Waals surface area contributed by atoms with Crippen molar-refractivity contribution in [2.24, 2.45) is 0 Å². The number of phenols is 1. The Bertz CT molecular complexity index is 1170. The van der Waals surface area contributed by atoms with Crippen LogP contribution in [-0.4, -0.2) is 39.9 Å². The van der Waals surface area contributed by atoms with E-state index in [0.717, 1.165) is 23.4 Å². The van der Waals surface area contributed by atoms with Crippen LogP contribution in [0.5, 0.6) is 5.75 Å². The fraction of sp³-hybridized carbons (Fsp3) is 0.261. The minimum absolute atomic E-state index is 0.0487. The van der Waals surface area contributed by atoms with Gasteiger partial charge in [-0.3, -0.25) is 9.59 Å². The third kappa shape index (κ3) is 5.61. The third-order valence-electron chi connectivity index (χ3n) is 5.53. The Balaban J connectivity index is 1.33. The SMILES string of the molecule is O=C(Nc1cc(Cl)c(O)c(Cl)c1)c1csc(C2CCN(C(=O)Cc3ccccc3Cl)CC2)n1. The van der Waals surface area contributed by atoms with Gasteiger partial charge in [0, 0.05) is 35.1 Å². The number of aromatic nitrogens is 1. The molecular weight excluding hydrogens is 505 g/mol. The van der Waals surface area contributed by atoms with Gasteiger partial charge in [0.2, 0.25) is 5.91 Å². The molecular formula is C23H20Cl3N3O3S. The van der Waals surface area contributed by atoms with Gasteiger partial charge in [-0.25, -0.2) is 4.98 Å². The topological polar surface area (TPSA) is 82.5 Å². The quantitative estimate of drug-likeness (QED) is 0.400. The second kappa shape index (κ2) is 10.3. The number of hydrogen-bond donors (Lipinski definition) is 2. The number of halogens is 3. The molecule has 6 nitrogen and oxygen atoms in total. The molecule has 2 aromatic carbocycles. The number of aromatic hydroxyl groups is 1. The van der Waals surface area contributed by atoms with Crippen LogP contribution >= 0.6 is 46.1 Å². The Hall–Kier alpha value is -2.32. The van der Waals surface area contributed by atoms with Crippen LogP contribution in [-0.2, 0) is 11.2 Å². The van der Waals surface area contributed by atoms with E-state index < -0.39 is 0 Å². The van der Waals surface area contributed by atoms with E-state index in [2.05, 4.69) is 10.3 Å². The molecule has 1 aliphatic rings. The molecule has 33 heavy (non-hydrogen) atoms. The zero-order valence-electron chi connectivity index (χ0n) is 17.4. The van der Waals surface area contributed by atoms with E-state index in [-0.39, 0.29) is 39.9 Å². The van der Waals surface area contributed by atoms with Crippen molar-refractivity contribution in [2.75, 3.05) is 18.4 Å². The molecule has 2 N–H and O–H groups in total. The number of nitrogens with one attached hydrogen (secondary N) is 1. The van der Waals surface area contributed by atoms with Gasteiger partial charge in [0.1, 0.15) is 5.69 Å². The highest BCUT2D eigenvalue weighted by molar-refractivity contribution is 7.10. The predicted molar refractivity (Wildman–Crippen MR) is 132 cm³/mol. The molecule has 0 unspecified atom stereocenters. The number of rotatable bonds is 5. The van der Waals surface area contributed by atoms with E-state index >= 15 is 0 Å². The lowest BCUT2D eigenvalue weighted by Gasteiger charge is -2.31. The summed E-state index contributed by atoms with van der Waals surface area (Å²) in [6.07, 6.45) is 1.86. The van der Waals surface area contributed by atoms with Gasteiger partial charge in [-0.1, -0.05) is 53.0 Å². The van der Waals surface area contributed by atoms with Crippen molar-refractivity contribution in [3.8, 4) is 5.75 Å². The van der Waals surface area contributed by atoms with Gasteiger partial charge in [0.05, 0.1) is 21.5 Å². The molecule has 0 radical (unpaired) electrons. The Morgan fingerprint density at radius 2 is 1.76 bits per heavy atom. The highest BCUT2D eigenvalue weighted by Gasteiger charge is 2.26. The van der Waals surface area contributed by atoms with Crippen LogP contribution < -0.4 is 5.32 Å². The smallest absolute Gasteiger partial charge is 0.275 e. The van der Waals surface area contributed by atoms with Gasteiger partial charge in [-0.15, -0.1) is 11.3 Å². The number of anilines is 1. The lowest BCUT2D eigenvalue weighted by atomic mass is 9.97. The monoisotopic (exact) mass is 523 g/mol. The molecule has 1 aliphatic heterocycles. The first-order chi connectivity index (χ1) is 15.8. The molecule has 0 aliphatic carbocycles. The third-order valence-corrected chi connectivity index (χ3v) is 7.48. The van der Waals surface area contributed by atoms with Crippen LogP contribution in [0.1, 0.15) is 39.8 Å². The van der Waals surface area contributed by atoms with E-state index in [9.17, 15) is 14.7 Å². The van der Waals surface area contributed by atoms with Gasteiger partial charge in [0.25, 0.3) is 5.91 Å². The number of piperidine rings is 1. The highest BCUT2D eigenvalue weighted by atomic mass is 35.5. The van der Waals surface area contributed by atoms with Crippen LogP contribution in [0.3, 0.4) is 0 Å². The summed E-state index contributed by atoms with van der Waals surface area (Å²) >= 11 is 19.4. The largest absolute Gasteiger partial charge is 0.505 e. The molecule has 1 saturated heterocycles. The van der Waals surface area contributed by atoms with Gasteiger partial charge < -0.3 is 15.3 Å². The number of carbonyl (C=O) groups excluding carboxylic acids is 2. The van der Waals surface area contributed by atoms with Crippen LogP contribution in [0.4, 0.5) is 5.69 Å². The summed E-state index contributed by atoms with van der Waals surface area (Å²) in [7, 11) is 0. The lowest BCUT2D eigenvalue weighted by Crippen LogP contribution is -2.38. The first-order valence-corrected chi connectivity index (χ1v) is 12.3. The minimum atomic E-state index is -0.386. The number of amides is 2. The first-order valence-electron chi connectivity index (χ1n) is 10.3. The number of carbonyl (C=O) groups is 2. The summed E-state index contributed by atoms with van der Waals surface area (Å²) in [5.74, 6) is -0.364. The predicted octanol–water partition coefficient (Wildman–Crippen LogP) is 6.01. The first kappa shape index (κ1) is 23.8. The number of benzene rings is 2. The Morgan fingerprint density at radius 3 is 2.42 bits per heavy atom. The van der Waals surface area contributed by atoms with Crippen molar-refractivity contribution in [1.29, 1.82) is 0 Å². The number of nitrogens with zero attached hydrogens (tertiary/aromatic N) is 2. The van der Waals surface area contributed by atoms with E-state index in [0.29, 0.717) is 29.5 Å². The van der Waals surface area contributed by atoms with Gasteiger partial charge in [0.15, 0.2) is 5.75 Å². The summed E-state index contributed by atoms with van der Waals surface area (Å²) in [5.41, 5.74) is 1.50. The van der Waals surface area contributed by atoms with E-state index in [1.165, 1.54) is 23.5 Å². The molecule has 2 heterocycles. The average molecular weight is 525 g/mol. The zero-order chi connectivity index (χ0) is 23.5. The molecule has 10 heteroatoms. The molecule has 2 amide bonds. The number of likely N-dealkylation sites (tertiary alicyclic amines) is 1. The van der Waals surface area contributed by atoms with Crippen molar-refractivity contribution in [3.63, 3.8) is 0 Å². The van der Waals surface area contributed by atoms with Crippen LogP contribution in [0, 0.1) is 0 Å². The molecule has 3 aromatic rings. The van der Waals surface area contributed by atoms with E-state index in [1.54, 1.807) is 11.4 Å². The summed E-state index contributed by atoms with van der Waals surface area (Å²) in [4.78, 5) is 31.6. The second-order valence-corrected chi connectivity index (χ2v) is 9.85. The van der Waals surface area contributed by atoms with Crippen molar-refractivity contribution in [1.82, 2.24) is 9.88 Å². The number of phenolic OH excluding ortho intramolecular Hbond substituents is 1. The summed E-state index contributed by atoms with van der Waals surface area (Å²) < 4.78 is 0. The summed E-state index contributed by atoms with van der Waals surface area (Å²) in [6.45, 7) is 1.28. The maximum atomic E-state index is 12.7. The molecule has 4 rings (SSSR count). The maximum absolute atomic E-state index is 12.7. The average Bonchev–Trinajstić information content (AvgIpc) is 3.29. The Kier molecular flexibility index (Phi) is 7.44. The maximum Gasteiger partial charge on any atom is 0.275 e. The summed E-state index contributed by atoms with van der Waals surface area (Å²) in [5, 5.41) is 15.6. The van der Waals surface area contributed by atoms with Crippen LogP contribution in [0.2, 0.25) is 15.1 Å². The Morgan fingerprint density at radius 1 is 1.09 bits per heavy atom. The van der Waals surface area contributed by atoms with Crippen molar-refractivity contribution < 1.29 is 14.7 Å². The molecule has 0 saturated carbocycles. The fourth-order valence-corrected chi connectivity index (χ4v) is 5.37. The van der Waals surface area contributed by atoms with Crippen LogP contribution in [0.25, 0.3) is 0 Å². The molecule has 1 fully saturated rings. The van der Waals surface area contributed by atoms with Crippen molar-refractivity contribution >= 4 is 63.6 Å². The summed E-state index contributed by atoms with van der Waals surface area (Å²) in [6, 6.07) is 10.2. The van der Waals surface area contributed by atoms with E-state index in [4.69, 9.17) is 34.8 Å². The van der Waals surface area contributed by atoms with Crippen molar-refractivity contribution in [2.45, 2.75) is 25.2 Å². The Labute approximate surface area is 210 Å².